The zero-order chi connectivity index (χ0) is 14.9. The number of aromatic carboxylic acids is 1. The number of carbonyl (C=O) groups is 1. The van der Waals surface area contributed by atoms with Gasteiger partial charge in [0.15, 0.2) is 0 Å². The molecule has 0 saturated heterocycles. The summed E-state index contributed by atoms with van der Waals surface area (Å²) >= 11 is 0. The van der Waals surface area contributed by atoms with Gasteiger partial charge >= 0.3 is 5.97 Å². The van der Waals surface area contributed by atoms with Gasteiger partial charge in [0.1, 0.15) is 16.2 Å². The molecule has 0 saturated carbocycles. The fourth-order valence-electron chi connectivity index (χ4n) is 1.62. The van der Waals surface area contributed by atoms with E-state index in [9.17, 15) is 18.3 Å². The van der Waals surface area contributed by atoms with Crippen LogP contribution in [0.15, 0.2) is 41.6 Å². The third kappa shape index (κ3) is 2.75. The Morgan fingerprint density at radius 1 is 1.30 bits per heavy atom. The maximum Gasteiger partial charge on any atom is 0.339 e. The molecule has 0 fully saturated rings. The number of carboxylic acid groups (broad SMARTS) is 1. The molecule has 7 nitrogen and oxygen atoms in total. The minimum Gasteiger partial charge on any atom is -0.507 e. The van der Waals surface area contributed by atoms with Crippen LogP contribution in [-0.2, 0) is 17.1 Å². The van der Waals surface area contributed by atoms with E-state index in [4.69, 9.17) is 5.11 Å². The first-order valence-electron chi connectivity index (χ1n) is 5.51. The van der Waals surface area contributed by atoms with Crippen LogP contribution < -0.4 is 4.72 Å². The molecule has 20 heavy (non-hydrogen) atoms. The SMILES string of the molecule is Cn1ccc(S(=O)(=O)Nc2ccc(O)c(C(=O)O)c2)c1. The van der Waals surface area contributed by atoms with Crippen LogP contribution in [0.1, 0.15) is 10.4 Å². The molecular formula is C12H12N2O5S. The Bertz CT molecular complexity index is 764. The lowest BCUT2D eigenvalue weighted by molar-refractivity contribution is 0.0694. The van der Waals surface area contributed by atoms with Gasteiger partial charge in [0, 0.05) is 25.1 Å². The molecule has 0 bridgehead atoms. The van der Waals surface area contributed by atoms with Crippen molar-refractivity contribution in [2.45, 2.75) is 4.90 Å². The molecule has 0 amide bonds. The molecule has 2 rings (SSSR count). The zero-order valence-corrected chi connectivity index (χ0v) is 11.3. The van der Waals surface area contributed by atoms with Gasteiger partial charge in [-0.25, -0.2) is 13.2 Å². The van der Waals surface area contributed by atoms with Crippen molar-refractivity contribution in [3.05, 3.63) is 42.2 Å². The fraction of sp³-hybridized carbons (Fsp3) is 0.0833. The number of carboxylic acids is 1. The molecule has 1 aromatic heterocycles. The number of benzene rings is 1. The summed E-state index contributed by atoms with van der Waals surface area (Å²) in [5.74, 6) is -1.77. The summed E-state index contributed by atoms with van der Waals surface area (Å²) in [4.78, 5) is 10.9. The lowest BCUT2D eigenvalue weighted by atomic mass is 10.2. The van der Waals surface area contributed by atoms with E-state index in [1.165, 1.54) is 18.3 Å². The molecule has 0 radical (unpaired) electrons. The van der Waals surface area contributed by atoms with Crippen molar-refractivity contribution in [1.82, 2.24) is 4.57 Å². The maximum absolute atomic E-state index is 12.0. The summed E-state index contributed by atoms with van der Waals surface area (Å²) in [6.45, 7) is 0. The zero-order valence-electron chi connectivity index (χ0n) is 10.4. The normalized spacial score (nSPS) is 11.2. The van der Waals surface area contributed by atoms with Crippen LogP contribution in [0.4, 0.5) is 5.69 Å². The highest BCUT2D eigenvalue weighted by Crippen LogP contribution is 2.23. The summed E-state index contributed by atoms with van der Waals surface area (Å²) in [6, 6.07) is 4.87. The van der Waals surface area contributed by atoms with Gasteiger partial charge in [0.25, 0.3) is 10.0 Å². The van der Waals surface area contributed by atoms with Crippen LogP contribution in [0.5, 0.6) is 5.75 Å². The molecule has 0 atom stereocenters. The number of nitrogens with one attached hydrogen (secondary N) is 1. The minimum atomic E-state index is -3.79. The maximum atomic E-state index is 12.0. The van der Waals surface area contributed by atoms with E-state index in [2.05, 4.69) is 4.72 Å². The van der Waals surface area contributed by atoms with Gasteiger partial charge in [-0.05, 0) is 24.3 Å². The van der Waals surface area contributed by atoms with E-state index in [1.807, 2.05) is 0 Å². The van der Waals surface area contributed by atoms with E-state index in [1.54, 1.807) is 17.8 Å². The number of aromatic nitrogens is 1. The lowest BCUT2D eigenvalue weighted by Crippen LogP contribution is -2.12. The number of aromatic hydroxyl groups is 1. The first-order valence-corrected chi connectivity index (χ1v) is 6.99. The van der Waals surface area contributed by atoms with Crippen molar-refractivity contribution >= 4 is 21.7 Å². The number of aryl methyl sites for hydroxylation is 1. The van der Waals surface area contributed by atoms with E-state index in [0.29, 0.717) is 0 Å². The van der Waals surface area contributed by atoms with Crippen LogP contribution in [0.25, 0.3) is 0 Å². The first-order chi connectivity index (χ1) is 9.29. The molecule has 1 aromatic carbocycles. The van der Waals surface area contributed by atoms with Gasteiger partial charge in [0.05, 0.1) is 0 Å². The molecule has 0 unspecified atom stereocenters. The molecule has 1 heterocycles. The fourth-order valence-corrected chi connectivity index (χ4v) is 2.72. The van der Waals surface area contributed by atoms with Crippen LogP contribution in [0.2, 0.25) is 0 Å². The number of nitrogens with zero attached hydrogens (tertiary/aromatic N) is 1. The second kappa shape index (κ2) is 4.89. The molecule has 0 aliphatic heterocycles. The second-order valence-electron chi connectivity index (χ2n) is 4.16. The summed E-state index contributed by atoms with van der Waals surface area (Å²) in [6.07, 6.45) is 2.99. The Hall–Kier alpha value is -2.48. The van der Waals surface area contributed by atoms with Gasteiger partial charge in [-0.15, -0.1) is 0 Å². The van der Waals surface area contributed by atoms with Gasteiger partial charge < -0.3 is 14.8 Å². The lowest BCUT2D eigenvalue weighted by Gasteiger charge is -2.08. The van der Waals surface area contributed by atoms with Gasteiger partial charge in [-0.1, -0.05) is 0 Å². The monoisotopic (exact) mass is 296 g/mol. The summed E-state index contributed by atoms with van der Waals surface area (Å²) < 4.78 is 27.9. The number of phenols is 1. The van der Waals surface area contributed by atoms with Crippen molar-refractivity contribution in [2.24, 2.45) is 7.05 Å². The average Bonchev–Trinajstić information content (AvgIpc) is 2.78. The van der Waals surface area contributed by atoms with Crippen LogP contribution >= 0.6 is 0 Å². The minimum absolute atomic E-state index is 0.0593. The molecule has 0 aliphatic carbocycles. The van der Waals surface area contributed by atoms with Gasteiger partial charge in [-0.2, -0.15) is 0 Å². The molecule has 106 valence electrons. The largest absolute Gasteiger partial charge is 0.507 e. The highest BCUT2D eigenvalue weighted by Gasteiger charge is 2.17. The third-order valence-corrected chi connectivity index (χ3v) is 3.96. The Morgan fingerprint density at radius 2 is 2.00 bits per heavy atom. The van der Waals surface area contributed by atoms with E-state index in [-0.39, 0.29) is 16.1 Å². The molecule has 0 aliphatic rings. The second-order valence-corrected chi connectivity index (χ2v) is 5.84. The Kier molecular flexibility index (Phi) is 3.41. The molecule has 8 heteroatoms. The van der Waals surface area contributed by atoms with Crippen molar-refractivity contribution in [2.75, 3.05) is 4.72 Å². The molecule has 3 N–H and O–H groups in total. The Balaban J connectivity index is 2.35. The average molecular weight is 296 g/mol. The van der Waals surface area contributed by atoms with Crippen LogP contribution in [0.3, 0.4) is 0 Å². The Labute approximate surface area is 115 Å². The smallest absolute Gasteiger partial charge is 0.339 e. The van der Waals surface area contributed by atoms with Crippen LogP contribution in [-0.4, -0.2) is 29.2 Å². The summed E-state index contributed by atoms with van der Waals surface area (Å²) in [5.41, 5.74) is -0.317. The summed E-state index contributed by atoms with van der Waals surface area (Å²) in [7, 11) is -2.11. The third-order valence-electron chi connectivity index (χ3n) is 2.59. The number of sulfonamides is 1. The number of hydrogen-bond acceptors (Lipinski definition) is 4. The first kappa shape index (κ1) is 13.9. The molecule has 0 spiro atoms. The summed E-state index contributed by atoms with van der Waals surface area (Å²) in [5, 5.41) is 18.2. The number of anilines is 1. The van der Waals surface area contributed by atoms with Crippen molar-refractivity contribution in [1.29, 1.82) is 0 Å². The topological polar surface area (TPSA) is 109 Å². The standard InChI is InChI=1S/C12H12N2O5S/c1-14-5-4-9(7-14)20(18,19)13-8-2-3-11(15)10(6-8)12(16)17/h2-7,13,15H,1H3,(H,16,17). The van der Waals surface area contributed by atoms with Crippen molar-refractivity contribution in [3.63, 3.8) is 0 Å². The Morgan fingerprint density at radius 3 is 2.55 bits per heavy atom. The highest BCUT2D eigenvalue weighted by molar-refractivity contribution is 7.92. The van der Waals surface area contributed by atoms with Crippen molar-refractivity contribution < 1.29 is 23.4 Å². The van der Waals surface area contributed by atoms with E-state index < -0.39 is 21.7 Å². The number of rotatable bonds is 4. The van der Waals surface area contributed by atoms with Crippen molar-refractivity contribution in [3.8, 4) is 5.75 Å². The molecule has 2 aromatic rings. The van der Waals surface area contributed by atoms with Crippen LogP contribution in [0, 0.1) is 0 Å². The number of hydrogen-bond donors (Lipinski definition) is 3. The van der Waals surface area contributed by atoms with Gasteiger partial charge in [-0.3, -0.25) is 4.72 Å². The van der Waals surface area contributed by atoms with Gasteiger partial charge in [0.2, 0.25) is 0 Å². The van der Waals surface area contributed by atoms with E-state index >= 15 is 0 Å². The predicted molar refractivity (Wildman–Crippen MR) is 71.3 cm³/mol. The predicted octanol–water partition coefficient (Wildman–Crippen LogP) is 1.23. The quantitative estimate of drug-likeness (QED) is 0.735. The molecular weight excluding hydrogens is 284 g/mol. The van der Waals surface area contributed by atoms with E-state index in [0.717, 1.165) is 12.1 Å². The highest BCUT2D eigenvalue weighted by atomic mass is 32.2.